The van der Waals surface area contributed by atoms with Crippen molar-refractivity contribution in [2.75, 3.05) is 18.4 Å². The molecule has 1 aliphatic heterocycles. The summed E-state index contributed by atoms with van der Waals surface area (Å²) in [6.07, 6.45) is 3.95. The average Bonchev–Trinajstić information content (AvgIpc) is 3.20. The molecule has 0 bridgehead atoms. The highest BCUT2D eigenvalue weighted by molar-refractivity contribution is 6.10. The zero-order valence-corrected chi connectivity index (χ0v) is 13.9. The number of aromatic nitrogens is 5. The number of anilines is 1. The zero-order valence-electron chi connectivity index (χ0n) is 13.9. The summed E-state index contributed by atoms with van der Waals surface area (Å²) >= 11 is 0. The maximum atomic E-state index is 12.6. The molecule has 10 heteroatoms. The summed E-state index contributed by atoms with van der Waals surface area (Å²) in [5, 5.41) is 14.2. The molecule has 10 nitrogen and oxygen atoms in total. The predicted octanol–water partition coefficient (Wildman–Crippen LogP) is 0.963. The molecule has 3 aromatic rings. The number of amides is 2. The normalized spacial score (nSPS) is 13.3. The summed E-state index contributed by atoms with van der Waals surface area (Å²) in [6.45, 7) is 1.37. The molecule has 0 radical (unpaired) electrons. The molecule has 26 heavy (non-hydrogen) atoms. The van der Waals surface area contributed by atoms with Crippen LogP contribution in [0.5, 0.6) is 0 Å². The van der Waals surface area contributed by atoms with Gasteiger partial charge in [0.05, 0.1) is 11.8 Å². The molecule has 0 unspecified atom stereocenters. The average molecular weight is 353 g/mol. The molecule has 2 amide bonds. The van der Waals surface area contributed by atoms with E-state index in [4.69, 9.17) is 4.42 Å². The van der Waals surface area contributed by atoms with Crippen LogP contribution in [0.2, 0.25) is 0 Å². The highest BCUT2D eigenvalue weighted by Crippen LogP contribution is 2.19. The van der Waals surface area contributed by atoms with Crippen molar-refractivity contribution < 1.29 is 14.0 Å². The van der Waals surface area contributed by atoms with Gasteiger partial charge < -0.3 is 9.32 Å². The molecule has 3 aromatic heterocycles. The molecule has 0 spiro atoms. The Balaban J connectivity index is 1.55. The standard InChI is InChI=1S/C16H15N7O3/c1-22-12(10(9-18-22)15(25)23-7-4-8-23)13(24)19-16-21-20-14(26-16)11-5-2-3-6-17-11/h2-3,5-6,9H,4,7-8H2,1H3,(H,19,21,24). The van der Waals surface area contributed by atoms with Crippen molar-refractivity contribution in [1.29, 1.82) is 0 Å². The molecule has 4 heterocycles. The number of nitrogens with zero attached hydrogens (tertiary/aromatic N) is 6. The van der Waals surface area contributed by atoms with E-state index in [0.717, 1.165) is 6.42 Å². The van der Waals surface area contributed by atoms with E-state index in [-0.39, 0.29) is 29.1 Å². The molecule has 0 aliphatic carbocycles. The highest BCUT2D eigenvalue weighted by atomic mass is 16.4. The Morgan fingerprint density at radius 1 is 1.23 bits per heavy atom. The van der Waals surface area contributed by atoms with E-state index in [2.05, 4.69) is 25.6 Å². The van der Waals surface area contributed by atoms with Gasteiger partial charge in [0.25, 0.3) is 17.7 Å². The minimum Gasteiger partial charge on any atom is -0.401 e. The maximum absolute atomic E-state index is 12.6. The number of rotatable bonds is 4. The molecule has 0 saturated carbocycles. The fraction of sp³-hybridized carbons (Fsp3) is 0.250. The summed E-state index contributed by atoms with van der Waals surface area (Å²) in [5.74, 6) is -0.581. The van der Waals surface area contributed by atoms with Crippen molar-refractivity contribution >= 4 is 17.8 Å². The highest BCUT2D eigenvalue weighted by Gasteiger charge is 2.29. The van der Waals surface area contributed by atoms with Crippen LogP contribution in [0.3, 0.4) is 0 Å². The van der Waals surface area contributed by atoms with E-state index in [1.165, 1.54) is 10.9 Å². The van der Waals surface area contributed by atoms with Crippen molar-refractivity contribution in [1.82, 2.24) is 29.9 Å². The van der Waals surface area contributed by atoms with E-state index >= 15 is 0 Å². The van der Waals surface area contributed by atoms with Gasteiger partial charge in [-0.25, -0.2) is 0 Å². The van der Waals surface area contributed by atoms with Crippen LogP contribution in [0, 0.1) is 0 Å². The predicted molar refractivity (Wildman–Crippen MR) is 89.2 cm³/mol. The van der Waals surface area contributed by atoms with Crippen molar-refractivity contribution in [3.8, 4) is 11.6 Å². The first-order chi connectivity index (χ1) is 12.6. The van der Waals surface area contributed by atoms with Gasteiger partial charge in [0.15, 0.2) is 0 Å². The third-order valence-electron chi connectivity index (χ3n) is 4.06. The van der Waals surface area contributed by atoms with Crippen LogP contribution < -0.4 is 5.32 Å². The van der Waals surface area contributed by atoms with Gasteiger partial charge >= 0.3 is 6.01 Å². The van der Waals surface area contributed by atoms with Crippen molar-refractivity contribution in [3.05, 3.63) is 41.9 Å². The topological polar surface area (TPSA) is 119 Å². The van der Waals surface area contributed by atoms with Gasteiger partial charge in [0.1, 0.15) is 11.4 Å². The minimum atomic E-state index is -0.551. The van der Waals surface area contributed by atoms with Crippen LogP contribution in [0.15, 0.2) is 35.0 Å². The summed E-state index contributed by atoms with van der Waals surface area (Å²) in [4.78, 5) is 30.8. The fourth-order valence-corrected chi connectivity index (χ4v) is 2.58. The lowest BCUT2D eigenvalue weighted by Crippen LogP contribution is -2.42. The fourth-order valence-electron chi connectivity index (χ4n) is 2.58. The van der Waals surface area contributed by atoms with Crippen molar-refractivity contribution in [2.45, 2.75) is 6.42 Å². The molecule has 132 valence electrons. The van der Waals surface area contributed by atoms with E-state index in [1.54, 1.807) is 36.3 Å². The Labute approximate surface area is 147 Å². The van der Waals surface area contributed by atoms with E-state index < -0.39 is 5.91 Å². The summed E-state index contributed by atoms with van der Waals surface area (Å²) < 4.78 is 6.76. The zero-order chi connectivity index (χ0) is 18.1. The molecule has 0 aromatic carbocycles. The molecular weight excluding hydrogens is 338 g/mol. The van der Waals surface area contributed by atoms with Crippen LogP contribution in [0.1, 0.15) is 27.3 Å². The lowest BCUT2D eigenvalue weighted by Gasteiger charge is -2.30. The number of likely N-dealkylation sites (tertiary alicyclic amines) is 1. The molecule has 1 aliphatic rings. The Kier molecular flexibility index (Phi) is 3.92. The number of nitrogens with one attached hydrogen (secondary N) is 1. The Bertz CT molecular complexity index is 959. The van der Waals surface area contributed by atoms with Crippen molar-refractivity contribution in [2.24, 2.45) is 7.05 Å². The number of carbonyl (C=O) groups excluding carboxylic acids is 2. The lowest BCUT2D eigenvalue weighted by molar-refractivity contribution is 0.0648. The smallest absolute Gasteiger partial charge is 0.322 e. The van der Waals surface area contributed by atoms with Crippen LogP contribution >= 0.6 is 0 Å². The SMILES string of the molecule is Cn1ncc(C(=O)N2CCC2)c1C(=O)Nc1nnc(-c2ccccn2)o1. The number of hydrogen-bond acceptors (Lipinski definition) is 7. The Hall–Kier alpha value is -3.56. The number of hydrogen-bond donors (Lipinski definition) is 1. The second kappa shape index (κ2) is 6.39. The van der Waals surface area contributed by atoms with Crippen LogP contribution in [0.4, 0.5) is 6.01 Å². The van der Waals surface area contributed by atoms with Gasteiger partial charge in [0.2, 0.25) is 0 Å². The summed E-state index contributed by atoms with van der Waals surface area (Å²) in [7, 11) is 1.59. The third kappa shape index (κ3) is 2.81. The second-order valence-corrected chi connectivity index (χ2v) is 5.76. The van der Waals surface area contributed by atoms with Gasteiger partial charge in [-0.1, -0.05) is 11.2 Å². The molecular formula is C16H15N7O3. The lowest BCUT2D eigenvalue weighted by atomic mass is 10.1. The second-order valence-electron chi connectivity index (χ2n) is 5.76. The van der Waals surface area contributed by atoms with Crippen LogP contribution in [0.25, 0.3) is 11.6 Å². The molecule has 1 N–H and O–H groups in total. The quantitative estimate of drug-likeness (QED) is 0.742. The van der Waals surface area contributed by atoms with Crippen molar-refractivity contribution in [3.63, 3.8) is 0 Å². The Morgan fingerprint density at radius 3 is 2.77 bits per heavy atom. The molecule has 1 saturated heterocycles. The van der Waals surface area contributed by atoms with Gasteiger partial charge in [0, 0.05) is 26.3 Å². The first-order valence-electron chi connectivity index (χ1n) is 8.01. The van der Waals surface area contributed by atoms with E-state index in [9.17, 15) is 9.59 Å². The Morgan fingerprint density at radius 2 is 2.08 bits per heavy atom. The minimum absolute atomic E-state index is 0.0841. The largest absolute Gasteiger partial charge is 0.401 e. The van der Waals surface area contributed by atoms with Crippen LogP contribution in [-0.2, 0) is 7.05 Å². The van der Waals surface area contributed by atoms with Gasteiger partial charge in [-0.3, -0.25) is 24.6 Å². The van der Waals surface area contributed by atoms with Gasteiger partial charge in [-0.15, -0.1) is 5.10 Å². The van der Waals surface area contributed by atoms with Gasteiger partial charge in [-0.2, -0.15) is 5.10 Å². The number of carbonyl (C=O) groups is 2. The van der Waals surface area contributed by atoms with E-state index in [1.807, 2.05) is 0 Å². The molecule has 0 atom stereocenters. The first kappa shape index (κ1) is 15.9. The maximum Gasteiger partial charge on any atom is 0.322 e. The summed E-state index contributed by atoms with van der Waals surface area (Å²) in [6, 6.07) is 5.18. The van der Waals surface area contributed by atoms with E-state index in [0.29, 0.717) is 18.8 Å². The monoisotopic (exact) mass is 353 g/mol. The molecule has 4 rings (SSSR count). The number of pyridine rings is 1. The van der Waals surface area contributed by atoms with Crippen LogP contribution in [-0.4, -0.2) is 54.8 Å². The summed E-state index contributed by atoms with van der Waals surface area (Å²) in [5.41, 5.74) is 0.878. The van der Waals surface area contributed by atoms with Gasteiger partial charge in [-0.05, 0) is 18.6 Å². The first-order valence-corrected chi connectivity index (χ1v) is 8.01. The molecule has 1 fully saturated rings. The number of aryl methyl sites for hydroxylation is 1. The third-order valence-corrected chi connectivity index (χ3v) is 4.06.